The highest BCUT2D eigenvalue weighted by atomic mass is 16.4. The molecule has 2 heterocycles. The van der Waals surface area contributed by atoms with E-state index in [0.717, 1.165) is 5.56 Å². The second kappa shape index (κ2) is 5.75. The predicted molar refractivity (Wildman–Crippen MR) is 81.4 cm³/mol. The standard InChI is InChI=1S/C16H17N3O4/c1-2-12-13(16(22)23)17-19-8-7-18(15(21)14(12)19)9-10-3-5-11(20)6-4-10/h3-6,20H,2,7-9H2,1H3,(H,22,23). The Labute approximate surface area is 132 Å². The number of carboxylic acid groups (broad SMARTS) is 1. The van der Waals surface area contributed by atoms with Crippen molar-refractivity contribution in [3.8, 4) is 5.75 Å². The predicted octanol–water partition coefficient (Wildman–Crippen LogP) is 1.51. The topological polar surface area (TPSA) is 95.7 Å². The fourth-order valence-corrected chi connectivity index (χ4v) is 2.85. The Bertz CT molecular complexity index is 764. The van der Waals surface area contributed by atoms with Crippen molar-refractivity contribution in [2.75, 3.05) is 6.54 Å². The number of carboxylic acids is 1. The van der Waals surface area contributed by atoms with Crippen LogP contribution in [0.25, 0.3) is 0 Å². The maximum absolute atomic E-state index is 12.7. The zero-order valence-electron chi connectivity index (χ0n) is 12.7. The lowest BCUT2D eigenvalue weighted by Crippen LogP contribution is -2.40. The van der Waals surface area contributed by atoms with Crippen LogP contribution in [0.2, 0.25) is 0 Å². The summed E-state index contributed by atoms with van der Waals surface area (Å²) in [6, 6.07) is 6.68. The third-order valence-electron chi connectivity index (χ3n) is 3.99. The molecule has 0 saturated heterocycles. The first kappa shape index (κ1) is 15.1. The molecule has 0 spiro atoms. The lowest BCUT2D eigenvalue weighted by atomic mass is 10.1. The van der Waals surface area contributed by atoms with Crippen LogP contribution < -0.4 is 0 Å². The van der Waals surface area contributed by atoms with Gasteiger partial charge in [0.05, 0.1) is 6.54 Å². The Balaban J connectivity index is 1.91. The Hall–Kier alpha value is -2.83. The first-order valence-electron chi connectivity index (χ1n) is 7.41. The van der Waals surface area contributed by atoms with Crippen LogP contribution in [0, 0.1) is 0 Å². The van der Waals surface area contributed by atoms with Crippen molar-refractivity contribution in [3.05, 3.63) is 46.8 Å². The summed E-state index contributed by atoms with van der Waals surface area (Å²) >= 11 is 0. The molecule has 0 atom stereocenters. The molecule has 2 aromatic rings. The third-order valence-corrected chi connectivity index (χ3v) is 3.99. The van der Waals surface area contributed by atoms with Crippen molar-refractivity contribution in [3.63, 3.8) is 0 Å². The third kappa shape index (κ3) is 2.65. The van der Waals surface area contributed by atoms with Crippen LogP contribution in [0.3, 0.4) is 0 Å². The van der Waals surface area contributed by atoms with Gasteiger partial charge in [0.25, 0.3) is 5.91 Å². The smallest absolute Gasteiger partial charge is 0.356 e. The van der Waals surface area contributed by atoms with Crippen LogP contribution in [-0.4, -0.2) is 43.3 Å². The van der Waals surface area contributed by atoms with Gasteiger partial charge in [0, 0.05) is 18.7 Å². The number of aromatic carboxylic acids is 1. The molecule has 0 radical (unpaired) electrons. The van der Waals surface area contributed by atoms with Crippen LogP contribution in [0.5, 0.6) is 5.75 Å². The van der Waals surface area contributed by atoms with Gasteiger partial charge in [-0.25, -0.2) is 4.79 Å². The van der Waals surface area contributed by atoms with Crippen LogP contribution in [0.4, 0.5) is 0 Å². The molecule has 0 saturated carbocycles. The average molecular weight is 315 g/mol. The summed E-state index contributed by atoms with van der Waals surface area (Å²) in [5, 5.41) is 22.6. The van der Waals surface area contributed by atoms with Crippen LogP contribution in [-0.2, 0) is 19.5 Å². The van der Waals surface area contributed by atoms with Gasteiger partial charge in [-0.05, 0) is 24.1 Å². The summed E-state index contributed by atoms with van der Waals surface area (Å²) in [6.07, 6.45) is 0.440. The largest absolute Gasteiger partial charge is 0.508 e. The van der Waals surface area contributed by atoms with Gasteiger partial charge in [0.2, 0.25) is 0 Å². The summed E-state index contributed by atoms with van der Waals surface area (Å²) in [5.41, 5.74) is 1.72. The van der Waals surface area contributed by atoms with Crippen molar-refractivity contribution >= 4 is 11.9 Å². The van der Waals surface area contributed by atoms with Gasteiger partial charge in [-0.1, -0.05) is 19.1 Å². The number of carbonyl (C=O) groups is 2. The summed E-state index contributed by atoms with van der Waals surface area (Å²) < 4.78 is 1.50. The fourth-order valence-electron chi connectivity index (χ4n) is 2.85. The van der Waals surface area contributed by atoms with Crippen molar-refractivity contribution in [2.45, 2.75) is 26.4 Å². The first-order valence-corrected chi connectivity index (χ1v) is 7.41. The molecule has 120 valence electrons. The highest BCUT2D eigenvalue weighted by Gasteiger charge is 2.32. The number of rotatable bonds is 4. The molecule has 1 aromatic heterocycles. The molecule has 7 heteroatoms. The van der Waals surface area contributed by atoms with Crippen molar-refractivity contribution < 1.29 is 19.8 Å². The molecular formula is C16H17N3O4. The molecule has 0 aliphatic carbocycles. The monoisotopic (exact) mass is 315 g/mol. The minimum atomic E-state index is -1.11. The van der Waals surface area contributed by atoms with E-state index in [4.69, 9.17) is 0 Å². The van der Waals surface area contributed by atoms with Gasteiger partial charge in [-0.15, -0.1) is 0 Å². The Morgan fingerprint density at radius 1 is 1.26 bits per heavy atom. The Morgan fingerprint density at radius 2 is 1.96 bits per heavy atom. The number of hydrogen-bond donors (Lipinski definition) is 2. The first-order chi connectivity index (χ1) is 11.0. The maximum atomic E-state index is 12.7. The van der Waals surface area contributed by atoms with E-state index in [9.17, 15) is 19.8 Å². The molecule has 0 bridgehead atoms. The molecule has 0 fully saturated rings. The van der Waals surface area contributed by atoms with Gasteiger partial charge < -0.3 is 15.1 Å². The number of carbonyl (C=O) groups excluding carboxylic acids is 1. The number of amides is 1. The summed E-state index contributed by atoms with van der Waals surface area (Å²) in [4.78, 5) is 25.7. The number of phenols is 1. The number of aromatic hydroxyl groups is 1. The van der Waals surface area contributed by atoms with E-state index in [1.54, 1.807) is 29.2 Å². The number of benzene rings is 1. The van der Waals surface area contributed by atoms with Gasteiger partial charge in [0.1, 0.15) is 11.4 Å². The molecule has 2 N–H and O–H groups in total. The van der Waals surface area contributed by atoms with Crippen LogP contribution in [0.15, 0.2) is 24.3 Å². The molecule has 0 unspecified atom stereocenters. The zero-order valence-corrected chi connectivity index (χ0v) is 12.7. The fraction of sp³-hybridized carbons (Fsp3) is 0.312. The normalized spacial score (nSPS) is 14.0. The Morgan fingerprint density at radius 3 is 2.57 bits per heavy atom. The average Bonchev–Trinajstić information content (AvgIpc) is 2.92. The molecule has 7 nitrogen and oxygen atoms in total. The lowest BCUT2D eigenvalue weighted by Gasteiger charge is -2.28. The number of phenolic OH excluding ortho intramolecular Hbond substituents is 1. The lowest BCUT2D eigenvalue weighted by molar-refractivity contribution is 0.0670. The summed E-state index contributed by atoms with van der Waals surface area (Å²) in [6.45, 7) is 3.17. The van der Waals surface area contributed by atoms with E-state index in [0.29, 0.717) is 37.3 Å². The summed E-state index contributed by atoms with van der Waals surface area (Å²) in [7, 11) is 0. The van der Waals surface area contributed by atoms with Gasteiger partial charge in [-0.3, -0.25) is 9.48 Å². The molecule has 1 aliphatic heterocycles. The van der Waals surface area contributed by atoms with E-state index in [1.165, 1.54) is 4.68 Å². The molecular weight excluding hydrogens is 298 g/mol. The summed E-state index contributed by atoms with van der Waals surface area (Å²) in [5.74, 6) is -1.14. The van der Waals surface area contributed by atoms with Crippen molar-refractivity contribution in [1.29, 1.82) is 0 Å². The number of fused-ring (bicyclic) bond motifs is 1. The van der Waals surface area contributed by atoms with Crippen LogP contribution in [0.1, 0.15) is 39.0 Å². The molecule has 23 heavy (non-hydrogen) atoms. The van der Waals surface area contributed by atoms with E-state index in [1.807, 2.05) is 6.92 Å². The minimum absolute atomic E-state index is 0.0395. The molecule has 3 rings (SSSR count). The number of aromatic nitrogens is 2. The molecule has 1 amide bonds. The van der Waals surface area contributed by atoms with Gasteiger partial charge in [-0.2, -0.15) is 5.10 Å². The van der Waals surface area contributed by atoms with E-state index in [-0.39, 0.29) is 17.4 Å². The minimum Gasteiger partial charge on any atom is -0.508 e. The van der Waals surface area contributed by atoms with E-state index in [2.05, 4.69) is 5.10 Å². The molecule has 1 aliphatic rings. The van der Waals surface area contributed by atoms with Crippen molar-refractivity contribution in [1.82, 2.24) is 14.7 Å². The number of nitrogens with zero attached hydrogens (tertiary/aromatic N) is 3. The number of hydrogen-bond acceptors (Lipinski definition) is 4. The highest BCUT2D eigenvalue weighted by Crippen LogP contribution is 2.23. The van der Waals surface area contributed by atoms with Gasteiger partial charge in [0.15, 0.2) is 5.69 Å². The van der Waals surface area contributed by atoms with E-state index < -0.39 is 5.97 Å². The van der Waals surface area contributed by atoms with Crippen molar-refractivity contribution in [2.24, 2.45) is 0 Å². The van der Waals surface area contributed by atoms with Gasteiger partial charge >= 0.3 is 5.97 Å². The second-order valence-corrected chi connectivity index (χ2v) is 5.45. The Kier molecular flexibility index (Phi) is 3.77. The SMILES string of the molecule is CCc1c(C(=O)O)nn2c1C(=O)N(Cc1ccc(O)cc1)CC2. The van der Waals surface area contributed by atoms with Crippen LogP contribution >= 0.6 is 0 Å². The second-order valence-electron chi connectivity index (χ2n) is 5.45. The highest BCUT2D eigenvalue weighted by molar-refractivity contribution is 5.98. The zero-order chi connectivity index (χ0) is 16.6. The quantitative estimate of drug-likeness (QED) is 0.891. The maximum Gasteiger partial charge on any atom is 0.356 e. The van der Waals surface area contributed by atoms with E-state index >= 15 is 0 Å². The molecule has 1 aromatic carbocycles.